The van der Waals surface area contributed by atoms with E-state index in [1.807, 2.05) is 36.4 Å². The second-order valence-electron chi connectivity index (χ2n) is 2.53. The molecule has 1 heterocycles. The summed E-state index contributed by atoms with van der Waals surface area (Å²) in [7, 11) is 0. The molecule has 1 aromatic rings. The number of benzene rings is 1. The molecular formula is C10H7ClN. The fraction of sp³-hybridized carbons (Fsp3) is 0. The van der Waals surface area contributed by atoms with Gasteiger partial charge in [0.1, 0.15) is 0 Å². The molecule has 0 aliphatic carbocycles. The Morgan fingerprint density at radius 2 is 1.83 bits per heavy atom. The molecule has 0 aromatic heterocycles. The van der Waals surface area contributed by atoms with Crippen LogP contribution in [0, 0.1) is 0 Å². The molecule has 12 heavy (non-hydrogen) atoms. The molecule has 2 heteroatoms. The van der Waals surface area contributed by atoms with Crippen molar-refractivity contribution in [3.05, 3.63) is 53.2 Å². The van der Waals surface area contributed by atoms with Gasteiger partial charge < -0.3 is 0 Å². The van der Waals surface area contributed by atoms with E-state index in [0.717, 1.165) is 16.3 Å². The first-order valence-corrected chi connectivity index (χ1v) is 4.08. The molecule has 59 valence electrons. The Balaban J connectivity index is 2.30. The third-order valence-corrected chi connectivity index (χ3v) is 1.95. The van der Waals surface area contributed by atoms with Gasteiger partial charge in [0.25, 0.3) is 0 Å². The fourth-order valence-corrected chi connectivity index (χ4v) is 1.22. The summed E-state index contributed by atoms with van der Waals surface area (Å²) in [5, 5.41) is 4.93. The Kier molecular flexibility index (Phi) is 1.88. The average molecular weight is 177 g/mol. The lowest BCUT2D eigenvalue weighted by Gasteiger charge is -2.00. The summed E-state index contributed by atoms with van der Waals surface area (Å²) < 4.78 is 0. The van der Waals surface area contributed by atoms with Gasteiger partial charge in [0, 0.05) is 16.8 Å². The summed E-state index contributed by atoms with van der Waals surface area (Å²) in [5.74, 6) is 0. The van der Waals surface area contributed by atoms with Gasteiger partial charge in [0.15, 0.2) is 0 Å². The van der Waals surface area contributed by atoms with Crippen LogP contribution in [0.1, 0.15) is 5.56 Å². The summed E-state index contributed by atoms with van der Waals surface area (Å²) in [5.41, 5.74) is 2.09. The van der Waals surface area contributed by atoms with Crippen molar-refractivity contribution >= 4 is 17.3 Å². The van der Waals surface area contributed by atoms with Crippen molar-refractivity contribution in [3.8, 4) is 0 Å². The minimum absolute atomic E-state index is 0.755. The van der Waals surface area contributed by atoms with Crippen molar-refractivity contribution in [2.45, 2.75) is 0 Å². The van der Waals surface area contributed by atoms with Gasteiger partial charge >= 0.3 is 0 Å². The molecule has 0 N–H and O–H groups in total. The topological polar surface area (TPSA) is 14.1 Å². The van der Waals surface area contributed by atoms with Gasteiger partial charge in [-0.05, 0) is 24.3 Å². The van der Waals surface area contributed by atoms with E-state index in [2.05, 4.69) is 5.32 Å². The van der Waals surface area contributed by atoms with Crippen molar-refractivity contribution in [2.24, 2.45) is 0 Å². The van der Waals surface area contributed by atoms with Crippen LogP contribution in [0.25, 0.3) is 5.70 Å². The van der Waals surface area contributed by atoms with Crippen LogP contribution in [0.2, 0.25) is 5.02 Å². The third-order valence-electron chi connectivity index (χ3n) is 1.69. The van der Waals surface area contributed by atoms with Crippen LogP contribution in [0.3, 0.4) is 0 Å². The highest BCUT2D eigenvalue weighted by atomic mass is 35.5. The molecule has 1 aliphatic heterocycles. The molecule has 2 rings (SSSR count). The second-order valence-corrected chi connectivity index (χ2v) is 2.97. The molecule has 0 atom stereocenters. The maximum Gasteiger partial charge on any atom is 0.0702 e. The van der Waals surface area contributed by atoms with Crippen LogP contribution >= 0.6 is 11.6 Å². The van der Waals surface area contributed by atoms with E-state index >= 15 is 0 Å². The number of hydrogen-bond acceptors (Lipinski definition) is 0. The number of hydrogen-bond donors (Lipinski definition) is 0. The van der Waals surface area contributed by atoms with E-state index in [-0.39, 0.29) is 0 Å². The Morgan fingerprint density at radius 1 is 1.08 bits per heavy atom. The summed E-state index contributed by atoms with van der Waals surface area (Å²) >= 11 is 5.75. The molecule has 0 saturated carbocycles. The molecule has 0 saturated heterocycles. The molecule has 0 unspecified atom stereocenters. The summed E-state index contributed by atoms with van der Waals surface area (Å²) in [6, 6.07) is 7.66. The van der Waals surface area contributed by atoms with E-state index in [1.165, 1.54) is 0 Å². The Hall–Kier alpha value is -1.21. The molecule has 1 radical (unpaired) electrons. The number of allylic oxidation sites excluding steroid dienone is 2. The zero-order valence-electron chi connectivity index (χ0n) is 6.37. The Bertz CT molecular complexity index is 335. The standard InChI is InChI=1S/C10H7ClN/c11-9-5-3-8(4-6-9)10-2-1-7-12-10/h1-7H. The monoisotopic (exact) mass is 176 g/mol. The minimum Gasteiger partial charge on any atom is -0.256 e. The van der Waals surface area contributed by atoms with Crippen molar-refractivity contribution in [2.75, 3.05) is 0 Å². The van der Waals surface area contributed by atoms with E-state index in [9.17, 15) is 0 Å². The molecule has 0 fully saturated rings. The number of rotatable bonds is 1. The van der Waals surface area contributed by atoms with Gasteiger partial charge in [-0.3, -0.25) is 5.32 Å². The quantitative estimate of drug-likeness (QED) is 0.625. The highest BCUT2D eigenvalue weighted by molar-refractivity contribution is 6.30. The smallest absolute Gasteiger partial charge is 0.0702 e. The zero-order valence-corrected chi connectivity index (χ0v) is 7.12. The predicted molar refractivity (Wildman–Crippen MR) is 50.7 cm³/mol. The molecule has 0 bridgehead atoms. The van der Waals surface area contributed by atoms with Crippen molar-refractivity contribution in [1.82, 2.24) is 5.32 Å². The van der Waals surface area contributed by atoms with Gasteiger partial charge in [-0.25, -0.2) is 0 Å². The normalized spacial score (nSPS) is 14.2. The van der Waals surface area contributed by atoms with Gasteiger partial charge in [-0.1, -0.05) is 23.7 Å². The molecule has 0 amide bonds. The predicted octanol–water partition coefficient (Wildman–Crippen LogP) is 2.81. The highest BCUT2D eigenvalue weighted by Gasteiger charge is 2.02. The Morgan fingerprint density at radius 3 is 2.42 bits per heavy atom. The molecule has 1 nitrogen and oxygen atoms in total. The Labute approximate surface area is 76.4 Å². The van der Waals surface area contributed by atoms with Crippen LogP contribution in [-0.4, -0.2) is 0 Å². The van der Waals surface area contributed by atoms with E-state index in [4.69, 9.17) is 11.6 Å². The maximum absolute atomic E-state index is 5.75. The summed E-state index contributed by atoms with van der Waals surface area (Å²) in [6.07, 6.45) is 5.68. The summed E-state index contributed by atoms with van der Waals surface area (Å²) in [4.78, 5) is 0. The third kappa shape index (κ3) is 1.36. The second kappa shape index (κ2) is 3.03. The van der Waals surface area contributed by atoms with E-state index < -0.39 is 0 Å². The van der Waals surface area contributed by atoms with E-state index in [0.29, 0.717) is 0 Å². The van der Waals surface area contributed by atoms with Gasteiger partial charge in [-0.2, -0.15) is 0 Å². The lowest BCUT2D eigenvalue weighted by atomic mass is 10.1. The fourth-order valence-electron chi connectivity index (χ4n) is 1.09. The van der Waals surface area contributed by atoms with Crippen molar-refractivity contribution < 1.29 is 0 Å². The van der Waals surface area contributed by atoms with Crippen LogP contribution in [0.5, 0.6) is 0 Å². The zero-order chi connectivity index (χ0) is 8.39. The van der Waals surface area contributed by atoms with Gasteiger partial charge in [0.05, 0.1) is 5.70 Å². The first-order chi connectivity index (χ1) is 5.86. The van der Waals surface area contributed by atoms with Crippen molar-refractivity contribution in [3.63, 3.8) is 0 Å². The van der Waals surface area contributed by atoms with E-state index in [1.54, 1.807) is 6.20 Å². The first-order valence-electron chi connectivity index (χ1n) is 3.70. The molecule has 0 spiro atoms. The first kappa shape index (κ1) is 7.44. The van der Waals surface area contributed by atoms with Gasteiger partial charge in [0.2, 0.25) is 0 Å². The number of nitrogens with zero attached hydrogens (tertiary/aromatic N) is 1. The van der Waals surface area contributed by atoms with Gasteiger partial charge in [-0.15, -0.1) is 0 Å². The van der Waals surface area contributed by atoms with Crippen LogP contribution in [0.4, 0.5) is 0 Å². The highest BCUT2D eigenvalue weighted by Crippen LogP contribution is 2.18. The minimum atomic E-state index is 0.755. The van der Waals surface area contributed by atoms with Crippen LogP contribution in [-0.2, 0) is 0 Å². The summed E-state index contributed by atoms with van der Waals surface area (Å²) in [6.45, 7) is 0. The SMILES string of the molecule is Clc1ccc(C2=CC=C[N]2)cc1. The largest absolute Gasteiger partial charge is 0.256 e. The number of halogens is 1. The molecular weight excluding hydrogens is 170 g/mol. The lowest BCUT2D eigenvalue weighted by Crippen LogP contribution is -1.90. The average Bonchev–Trinajstić information content (AvgIpc) is 2.58. The maximum atomic E-state index is 5.75. The van der Waals surface area contributed by atoms with Crippen LogP contribution in [0.15, 0.2) is 42.6 Å². The molecule has 1 aliphatic rings. The van der Waals surface area contributed by atoms with Crippen molar-refractivity contribution in [1.29, 1.82) is 0 Å². The molecule has 1 aromatic carbocycles. The lowest BCUT2D eigenvalue weighted by molar-refractivity contribution is 1.22. The van der Waals surface area contributed by atoms with Crippen LogP contribution < -0.4 is 5.32 Å².